The molecule has 1 atom stereocenters. The number of hydrogen-bond acceptors (Lipinski definition) is 10. The zero-order chi connectivity index (χ0) is 26.6. The number of alkyl halides is 3. The fraction of sp³-hybridized carbons (Fsp3) is 0.360. The van der Waals surface area contributed by atoms with Gasteiger partial charge in [-0.05, 0) is 37.3 Å². The van der Waals surface area contributed by atoms with Gasteiger partial charge in [0.15, 0.2) is 17.2 Å². The van der Waals surface area contributed by atoms with E-state index in [0.29, 0.717) is 23.1 Å². The van der Waals surface area contributed by atoms with Gasteiger partial charge in [-0.2, -0.15) is 13.2 Å². The molecule has 5 aromatic rings. The summed E-state index contributed by atoms with van der Waals surface area (Å²) in [7, 11) is 0. The lowest BCUT2D eigenvalue weighted by Crippen LogP contribution is -2.33. The number of hydrogen-bond donors (Lipinski definition) is 3. The van der Waals surface area contributed by atoms with Crippen molar-refractivity contribution in [2.24, 2.45) is 0 Å². The first-order chi connectivity index (χ1) is 18.8. The number of aromatic nitrogens is 5. The van der Waals surface area contributed by atoms with E-state index in [0.717, 1.165) is 40.4 Å². The van der Waals surface area contributed by atoms with Crippen molar-refractivity contribution < 1.29 is 27.0 Å². The molecule has 3 aliphatic rings. The quantitative estimate of drug-likeness (QED) is 0.192. The molecule has 1 aromatic carbocycles. The Morgan fingerprint density at radius 3 is 2.62 bits per heavy atom. The van der Waals surface area contributed by atoms with Crippen molar-refractivity contribution in [2.75, 3.05) is 23.0 Å². The van der Waals surface area contributed by atoms with Crippen LogP contribution in [0.4, 0.5) is 30.5 Å². The third-order valence-electron chi connectivity index (χ3n) is 7.77. The molecule has 1 saturated heterocycles. The largest absolute Gasteiger partial charge is 0.401 e. The third-order valence-corrected chi connectivity index (χ3v) is 7.77. The second-order valence-corrected chi connectivity index (χ2v) is 10.4. The molecule has 14 heteroatoms. The maximum Gasteiger partial charge on any atom is 0.401 e. The number of nitrogen functional groups attached to an aromatic ring is 1. The van der Waals surface area contributed by atoms with Gasteiger partial charge in [0.2, 0.25) is 5.85 Å². The van der Waals surface area contributed by atoms with Gasteiger partial charge in [-0.3, -0.25) is 0 Å². The van der Waals surface area contributed by atoms with Gasteiger partial charge < -0.3 is 34.7 Å². The minimum absolute atomic E-state index is 0.0159. The Balaban J connectivity index is 1.12. The molecule has 1 unspecified atom stereocenters. The monoisotopic (exact) mass is 538 g/mol. The number of anilines is 3. The average Bonchev–Trinajstić information content (AvgIpc) is 3.87. The number of fused-ring (bicyclic) bond motifs is 2. The van der Waals surface area contributed by atoms with Crippen molar-refractivity contribution in [3.63, 3.8) is 0 Å². The minimum Gasteiger partial charge on any atom is -0.383 e. The van der Waals surface area contributed by atoms with Gasteiger partial charge in [0.25, 0.3) is 0 Å². The van der Waals surface area contributed by atoms with Crippen molar-refractivity contribution in [2.45, 2.75) is 49.2 Å². The standard InChI is InChI=1S/C25H21F3N8O3/c26-25(27,28)23(5-6-23)17-7-18(35-38-17)34-24(10-37-24)33-16-4-3-13(14-8-32-39-20(14)16)15-9-36(12-1-2-12)22-19(15)21(29)30-11-31-22/h3-4,7-9,11-12,33H,1-2,5-6,10H2,(H,34,35)(H2,29,30,31). The molecule has 11 nitrogen and oxygen atoms in total. The summed E-state index contributed by atoms with van der Waals surface area (Å²) in [6, 6.07) is 5.41. The predicted octanol–water partition coefficient (Wildman–Crippen LogP) is 4.95. The van der Waals surface area contributed by atoms with Crippen LogP contribution in [0.2, 0.25) is 0 Å². The lowest BCUT2D eigenvalue weighted by atomic mass is 10.0. The van der Waals surface area contributed by atoms with Gasteiger partial charge in [-0.25, -0.2) is 9.97 Å². The molecule has 4 N–H and O–H groups in total. The highest BCUT2D eigenvalue weighted by Crippen LogP contribution is 2.59. The molecule has 5 heterocycles. The van der Waals surface area contributed by atoms with Crippen LogP contribution in [0, 0.1) is 0 Å². The Kier molecular flexibility index (Phi) is 4.30. The number of rotatable bonds is 7. The molecular weight excluding hydrogens is 517 g/mol. The molecule has 2 aliphatic carbocycles. The van der Waals surface area contributed by atoms with Crippen LogP contribution in [0.5, 0.6) is 0 Å². The van der Waals surface area contributed by atoms with Crippen LogP contribution in [0.25, 0.3) is 33.1 Å². The molecule has 4 aromatic heterocycles. The van der Waals surface area contributed by atoms with Gasteiger partial charge in [-0.1, -0.05) is 16.4 Å². The van der Waals surface area contributed by atoms with E-state index in [4.69, 9.17) is 19.5 Å². The predicted molar refractivity (Wildman–Crippen MR) is 133 cm³/mol. The molecule has 2 saturated carbocycles. The van der Waals surface area contributed by atoms with Crippen molar-refractivity contribution in [1.82, 2.24) is 24.8 Å². The summed E-state index contributed by atoms with van der Waals surface area (Å²) in [5.74, 6) is -0.769. The summed E-state index contributed by atoms with van der Waals surface area (Å²) < 4.78 is 58.9. The van der Waals surface area contributed by atoms with Gasteiger partial charge in [0.1, 0.15) is 29.8 Å². The molecule has 0 radical (unpaired) electrons. The first-order valence-electron chi connectivity index (χ1n) is 12.5. The molecule has 0 spiro atoms. The summed E-state index contributed by atoms with van der Waals surface area (Å²) in [5.41, 5.74) is 7.88. The maximum atomic E-state index is 13.5. The molecule has 0 bridgehead atoms. The number of nitrogens with two attached hydrogens (primary N) is 1. The van der Waals surface area contributed by atoms with Crippen LogP contribution in [0.3, 0.4) is 0 Å². The summed E-state index contributed by atoms with van der Waals surface area (Å²) in [4.78, 5) is 8.69. The highest BCUT2D eigenvalue weighted by atomic mass is 19.4. The van der Waals surface area contributed by atoms with Crippen LogP contribution in [-0.2, 0) is 10.2 Å². The molecule has 200 valence electrons. The van der Waals surface area contributed by atoms with Crippen LogP contribution >= 0.6 is 0 Å². The van der Waals surface area contributed by atoms with E-state index < -0.39 is 17.4 Å². The van der Waals surface area contributed by atoms with Crippen LogP contribution < -0.4 is 16.4 Å². The van der Waals surface area contributed by atoms with Crippen molar-refractivity contribution in [3.05, 3.63) is 42.7 Å². The van der Waals surface area contributed by atoms with E-state index in [-0.39, 0.29) is 31.0 Å². The Hall–Kier alpha value is -4.33. The zero-order valence-electron chi connectivity index (χ0n) is 20.2. The van der Waals surface area contributed by atoms with E-state index in [9.17, 15) is 13.2 Å². The molecule has 3 fully saturated rings. The SMILES string of the molecule is Nc1ncnc2c1c(-c1ccc(NC3(Nc4cc(C5(C(F)(F)F)CC5)on4)CO3)c3oncc13)cn2C1CC1. The fourth-order valence-electron chi connectivity index (χ4n) is 5.26. The first kappa shape index (κ1) is 22.6. The maximum absolute atomic E-state index is 13.5. The normalized spacial score (nSPS) is 21.9. The zero-order valence-corrected chi connectivity index (χ0v) is 20.2. The van der Waals surface area contributed by atoms with Crippen LogP contribution in [0.1, 0.15) is 37.5 Å². The Labute approximate surface area is 217 Å². The lowest BCUT2D eigenvalue weighted by molar-refractivity contribution is -0.165. The van der Waals surface area contributed by atoms with Crippen molar-refractivity contribution >= 4 is 39.3 Å². The number of nitrogens with zero attached hydrogens (tertiary/aromatic N) is 5. The van der Waals surface area contributed by atoms with E-state index in [1.54, 1.807) is 6.20 Å². The molecule has 39 heavy (non-hydrogen) atoms. The van der Waals surface area contributed by atoms with Gasteiger partial charge in [0.05, 0.1) is 22.7 Å². The number of epoxide rings is 1. The fourth-order valence-corrected chi connectivity index (χ4v) is 5.26. The van der Waals surface area contributed by atoms with Crippen molar-refractivity contribution in [3.8, 4) is 11.1 Å². The second-order valence-electron chi connectivity index (χ2n) is 10.4. The van der Waals surface area contributed by atoms with E-state index in [1.165, 1.54) is 12.4 Å². The molecule has 1 aliphatic heterocycles. The smallest absolute Gasteiger partial charge is 0.383 e. The summed E-state index contributed by atoms with van der Waals surface area (Å²) in [5, 5.41) is 15.6. The van der Waals surface area contributed by atoms with Crippen molar-refractivity contribution in [1.29, 1.82) is 0 Å². The van der Waals surface area contributed by atoms with Gasteiger partial charge in [-0.15, -0.1) is 0 Å². The topological polar surface area (TPSA) is 145 Å². The van der Waals surface area contributed by atoms with Crippen LogP contribution in [-0.4, -0.2) is 43.5 Å². The summed E-state index contributed by atoms with van der Waals surface area (Å²) in [6.07, 6.45) is 2.88. The Bertz CT molecular complexity index is 1760. The Morgan fingerprint density at radius 1 is 1.08 bits per heavy atom. The van der Waals surface area contributed by atoms with E-state index in [1.807, 2.05) is 18.3 Å². The number of nitrogens with one attached hydrogen (secondary N) is 2. The number of halogens is 3. The Morgan fingerprint density at radius 2 is 1.90 bits per heavy atom. The molecule has 8 rings (SSSR count). The lowest BCUT2D eigenvalue weighted by Gasteiger charge is -2.17. The van der Waals surface area contributed by atoms with Gasteiger partial charge >= 0.3 is 6.18 Å². The summed E-state index contributed by atoms with van der Waals surface area (Å²) >= 11 is 0. The average molecular weight is 538 g/mol. The van der Waals surface area contributed by atoms with Crippen LogP contribution in [0.15, 0.2) is 46.0 Å². The third kappa shape index (κ3) is 3.40. The minimum atomic E-state index is -4.39. The highest BCUT2D eigenvalue weighted by Gasteiger charge is 2.67. The number of benzene rings is 1. The van der Waals surface area contributed by atoms with E-state index >= 15 is 0 Å². The second kappa shape index (κ2) is 7.40. The van der Waals surface area contributed by atoms with Gasteiger partial charge in [0, 0.05) is 23.9 Å². The number of ether oxygens (including phenoxy) is 1. The molecule has 0 amide bonds. The highest BCUT2D eigenvalue weighted by molar-refractivity contribution is 6.08. The van der Waals surface area contributed by atoms with E-state index in [2.05, 4.69) is 35.5 Å². The molecular formula is C25H21F3N8O3. The summed E-state index contributed by atoms with van der Waals surface area (Å²) in [6.45, 7) is 0.236. The first-order valence-corrected chi connectivity index (χ1v) is 12.5.